The first kappa shape index (κ1) is 22.8. The van der Waals surface area contributed by atoms with Gasteiger partial charge >= 0.3 is 0 Å². The van der Waals surface area contributed by atoms with Crippen LogP contribution in [0.25, 0.3) is 0 Å². The lowest BCUT2D eigenvalue weighted by Crippen LogP contribution is -2.54. The van der Waals surface area contributed by atoms with Crippen molar-refractivity contribution in [2.24, 2.45) is 17.8 Å². The number of hydrogen-bond acceptors (Lipinski definition) is 4. The van der Waals surface area contributed by atoms with Crippen LogP contribution in [0.3, 0.4) is 0 Å². The molecule has 0 bridgehead atoms. The highest BCUT2D eigenvalue weighted by molar-refractivity contribution is 6.00. The molecule has 7 heteroatoms. The van der Waals surface area contributed by atoms with Gasteiger partial charge in [0.05, 0.1) is 12.5 Å². The molecule has 7 nitrogen and oxygen atoms in total. The summed E-state index contributed by atoms with van der Waals surface area (Å²) >= 11 is 0. The molecule has 174 valence electrons. The molecule has 3 aliphatic heterocycles. The summed E-state index contributed by atoms with van der Waals surface area (Å²) in [5, 5.41) is 0. The number of aryl methyl sites for hydroxylation is 1. The number of rotatable bonds is 4. The molecule has 0 N–H and O–H groups in total. The molecular formula is C25H36N4O3. The van der Waals surface area contributed by atoms with Crippen molar-refractivity contribution in [3.05, 3.63) is 29.8 Å². The number of amides is 3. The lowest BCUT2D eigenvalue weighted by molar-refractivity contribution is -0.139. The van der Waals surface area contributed by atoms with Gasteiger partial charge in [0.15, 0.2) is 0 Å². The molecule has 3 fully saturated rings. The monoisotopic (exact) mass is 440 g/mol. The summed E-state index contributed by atoms with van der Waals surface area (Å²) < 4.78 is 0. The summed E-state index contributed by atoms with van der Waals surface area (Å²) in [6.45, 7) is 11.7. The van der Waals surface area contributed by atoms with Crippen LogP contribution in [0.5, 0.6) is 0 Å². The predicted octanol–water partition coefficient (Wildman–Crippen LogP) is 2.00. The molecule has 32 heavy (non-hydrogen) atoms. The minimum atomic E-state index is -0.284. The molecule has 0 spiro atoms. The van der Waals surface area contributed by atoms with Gasteiger partial charge in [0.1, 0.15) is 0 Å². The number of carbonyl (C=O) groups is 3. The van der Waals surface area contributed by atoms with Crippen molar-refractivity contribution in [3.8, 4) is 0 Å². The fourth-order valence-corrected chi connectivity index (χ4v) is 5.39. The molecule has 3 aliphatic rings. The van der Waals surface area contributed by atoms with Gasteiger partial charge in [-0.3, -0.25) is 19.3 Å². The number of hydrogen-bond donors (Lipinski definition) is 0. The zero-order valence-corrected chi connectivity index (χ0v) is 19.6. The van der Waals surface area contributed by atoms with E-state index in [4.69, 9.17) is 0 Å². The van der Waals surface area contributed by atoms with Crippen molar-refractivity contribution < 1.29 is 14.4 Å². The second kappa shape index (κ2) is 9.61. The number of carbonyl (C=O) groups excluding carboxylic acids is 3. The maximum absolute atomic E-state index is 13.1. The molecule has 0 aromatic heterocycles. The van der Waals surface area contributed by atoms with Gasteiger partial charge < -0.3 is 14.7 Å². The maximum atomic E-state index is 13.1. The van der Waals surface area contributed by atoms with Crippen LogP contribution >= 0.6 is 0 Å². The third-order valence-electron chi connectivity index (χ3n) is 7.08. The van der Waals surface area contributed by atoms with Gasteiger partial charge in [-0.15, -0.1) is 0 Å². The van der Waals surface area contributed by atoms with E-state index in [0.717, 1.165) is 24.3 Å². The van der Waals surface area contributed by atoms with Crippen molar-refractivity contribution in [3.63, 3.8) is 0 Å². The lowest BCUT2D eigenvalue weighted by Gasteiger charge is -2.38. The molecule has 0 aliphatic carbocycles. The minimum Gasteiger partial charge on any atom is -0.341 e. The minimum absolute atomic E-state index is 0.0152. The van der Waals surface area contributed by atoms with Gasteiger partial charge in [-0.1, -0.05) is 31.5 Å². The summed E-state index contributed by atoms with van der Waals surface area (Å²) in [5.41, 5.74) is 2.01. The third kappa shape index (κ3) is 5.14. The molecule has 0 saturated carbocycles. The Kier molecular flexibility index (Phi) is 6.84. The van der Waals surface area contributed by atoms with E-state index in [-0.39, 0.29) is 30.1 Å². The van der Waals surface area contributed by atoms with Crippen molar-refractivity contribution in [2.75, 3.05) is 57.3 Å². The van der Waals surface area contributed by atoms with Gasteiger partial charge in [-0.05, 0) is 37.3 Å². The molecule has 3 heterocycles. The van der Waals surface area contributed by atoms with Gasteiger partial charge in [-0.2, -0.15) is 0 Å². The highest BCUT2D eigenvalue weighted by atomic mass is 16.2. The van der Waals surface area contributed by atoms with Gasteiger partial charge in [0.2, 0.25) is 17.7 Å². The van der Waals surface area contributed by atoms with Crippen LogP contribution in [0, 0.1) is 24.7 Å². The van der Waals surface area contributed by atoms with Crippen LogP contribution in [0.2, 0.25) is 0 Å². The van der Waals surface area contributed by atoms with E-state index >= 15 is 0 Å². The van der Waals surface area contributed by atoms with Crippen molar-refractivity contribution in [1.82, 2.24) is 14.7 Å². The Morgan fingerprint density at radius 2 is 1.53 bits per heavy atom. The molecule has 3 amide bonds. The topological polar surface area (TPSA) is 64.2 Å². The summed E-state index contributed by atoms with van der Waals surface area (Å²) in [6, 6.07) is 7.87. The molecule has 3 unspecified atom stereocenters. The third-order valence-corrected chi connectivity index (χ3v) is 7.08. The molecule has 1 aromatic rings. The Balaban J connectivity index is 1.26. The summed E-state index contributed by atoms with van der Waals surface area (Å²) in [4.78, 5) is 46.2. The normalized spacial score (nSPS) is 27.2. The van der Waals surface area contributed by atoms with Gasteiger partial charge in [-0.25, -0.2) is 0 Å². The maximum Gasteiger partial charge on any atom is 0.236 e. The van der Waals surface area contributed by atoms with Crippen LogP contribution < -0.4 is 4.90 Å². The Bertz CT molecular complexity index is 837. The fraction of sp³-hybridized carbons (Fsp3) is 0.640. The number of nitrogens with zero attached hydrogens (tertiary/aromatic N) is 4. The molecule has 1 aromatic carbocycles. The van der Waals surface area contributed by atoms with E-state index in [1.54, 1.807) is 4.90 Å². The highest BCUT2D eigenvalue weighted by Gasteiger charge is 2.38. The van der Waals surface area contributed by atoms with Crippen LogP contribution in [0.15, 0.2) is 24.3 Å². The Labute approximate surface area is 191 Å². The quantitative estimate of drug-likeness (QED) is 0.718. The van der Waals surface area contributed by atoms with Gasteiger partial charge in [0, 0.05) is 57.9 Å². The Morgan fingerprint density at radius 3 is 2.16 bits per heavy atom. The average molecular weight is 441 g/mol. The molecular weight excluding hydrogens is 404 g/mol. The number of piperidine rings is 1. The van der Waals surface area contributed by atoms with Crippen LogP contribution in [0.4, 0.5) is 5.69 Å². The standard InChI is InChI=1S/C25H36N4O3/c1-18-4-6-22(7-5-18)29-16-21(13-23(29)30)25(32)27-10-8-26(9-11-27)17-24(31)28-14-19(2)12-20(3)15-28/h4-7,19-21H,8-17H2,1-3H3. The van der Waals surface area contributed by atoms with E-state index in [9.17, 15) is 14.4 Å². The smallest absolute Gasteiger partial charge is 0.236 e. The number of piperazine rings is 1. The van der Waals surface area contributed by atoms with Crippen molar-refractivity contribution in [2.45, 2.75) is 33.6 Å². The number of likely N-dealkylation sites (tertiary alicyclic amines) is 1. The summed E-state index contributed by atoms with van der Waals surface area (Å²) in [6.07, 6.45) is 1.46. The van der Waals surface area contributed by atoms with Crippen LogP contribution in [-0.2, 0) is 14.4 Å². The fourth-order valence-electron chi connectivity index (χ4n) is 5.39. The first-order chi connectivity index (χ1) is 15.3. The average Bonchev–Trinajstić information content (AvgIpc) is 3.15. The van der Waals surface area contributed by atoms with E-state index in [1.165, 1.54) is 6.42 Å². The SMILES string of the molecule is Cc1ccc(N2CC(C(=O)N3CCN(CC(=O)N4CC(C)CC(C)C4)CC3)CC2=O)cc1. The molecule has 4 rings (SSSR count). The Morgan fingerprint density at radius 1 is 0.906 bits per heavy atom. The van der Waals surface area contributed by atoms with E-state index < -0.39 is 0 Å². The second-order valence-corrected chi connectivity index (χ2v) is 10.1. The zero-order chi connectivity index (χ0) is 22.8. The molecule has 0 radical (unpaired) electrons. The molecule has 3 atom stereocenters. The first-order valence-corrected chi connectivity index (χ1v) is 12.0. The van der Waals surface area contributed by atoms with E-state index in [0.29, 0.717) is 51.1 Å². The van der Waals surface area contributed by atoms with Crippen molar-refractivity contribution in [1.29, 1.82) is 0 Å². The lowest BCUT2D eigenvalue weighted by atomic mass is 9.92. The second-order valence-electron chi connectivity index (χ2n) is 10.1. The number of benzene rings is 1. The van der Waals surface area contributed by atoms with Gasteiger partial charge in [0.25, 0.3) is 0 Å². The van der Waals surface area contributed by atoms with E-state index in [2.05, 4.69) is 18.7 Å². The van der Waals surface area contributed by atoms with Crippen LogP contribution in [-0.4, -0.2) is 84.8 Å². The van der Waals surface area contributed by atoms with E-state index in [1.807, 2.05) is 41.0 Å². The molecule has 3 saturated heterocycles. The number of anilines is 1. The first-order valence-electron chi connectivity index (χ1n) is 12.0. The van der Waals surface area contributed by atoms with Crippen molar-refractivity contribution >= 4 is 23.4 Å². The zero-order valence-electron chi connectivity index (χ0n) is 19.6. The Hall–Kier alpha value is -2.41. The highest BCUT2D eigenvalue weighted by Crippen LogP contribution is 2.27. The largest absolute Gasteiger partial charge is 0.341 e. The summed E-state index contributed by atoms with van der Waals surface area (Å²) in [7, 11) is 0. The predicted molar refractivity (Wildman–Crippen MR) is 124 cm³/mol. The summed E-state index contributed by atoms with van der Waals surface area (Å²) in [5.74, 6) is 1.13. The van der Waals surface area contributed by atoms with Crippen LogP contribution in [0.1, 0.15) is 32.3 Å².